The monoisotopic (exact) mass is 308 g/mol. The largest absolute Gasteiger partial charge is 0.497 e. The fourth-order valence-electron chi connectivity index (χ4n) is 2.40. The molecule has 0 bridgehead atoms. The van der Waals surface area contributed by atoms with Crippen molar-refractivity contribution in [3.63, 3.8) is 0 Å². The highest BCUT2D eigenvalue weighted by molar-refractivity contribution is 5.88. The zero-order chi connectivity index (χ0) is 16.3. The van der Waals surface area contributed by atoms with E-state index in [2.05, 4.69) is 0 Å². The van der Waals surface area contributed by atoms with E-state index in [0.717, 1.165) is 0 Å². The van der Waals surface area contributed by atoms with Gasteiger partial charge in [0.25, 0.3) is 0 Å². The van der Waals surface area contributed by atoms with Crippen LogP contribution in [0.4, 0.5) is 0 Å². The summed E-state index contributed by atoms with van der Waals surface area (Å²) < 4.78 is 15.6. The first-order valence-electron chi connectivity index (χ1n) is 6.99. The molecule has 0 aliphatic rings. The third-order valence-electron chi connectivity index (χ3n) is 3.36. The van der Waals surface area contributed by atoms with Gasteiger partial charge in [-0.05, 0) is 30.9 Å². The Morgan fingerprint density at radius 1 is 1.18 bits per heavy atom. The summed E-state index contributed by atoms with van der Waals surface area (Å²) in [6.07, 6.45) is -1.05. The molecule has 0 fully saturated rings. The van der Waals surface area contributed by atoms with Crippen LogP contribution in [-0.2, 0) is 6.42 Å². The predicted octanol–water partition coefficient (Wildman–Crippen LogP) is 1.48. The fraction of sp³-hybridized carbons (Fsp3) is 0.438. The highest BCUT2D eigenvalue weighted by atomic mass is 16.5. The Labute approximate surface area is 127 Å². The summed E-state index contributed by atoms with van der Waals surface area (Å²) in [5.74, 6) is 1.28. The Morgan fingerprint density at radius 2 is 1.91 bits per heavy atom. The number of aliphatic hydroxyl groups is 2. The van der Waals surface area contributed by atoms with Gasteiger partial charge in [0.1, 0.15) is 22.6 Å². The van der Waals surface area contributed by atoms with E-state index in [4.69, 9.17) is 13.9 Å². The maximum atomic E-state index is 12.2. The van der Waals surface area contributed by atoms with Gasteiger partial charge in [0, 0.05) is 12.5 Å². The minimum absolute atomic E-state index is 0.148. The normalized spacial score (nSPS) is 13.9. The number of rotatable bonds is 6. The lowest BCUT2D eigenvalue weighted by molar-refractivity contribution is 0.0871. The Hall–Kier alpha value is -2.05. The van der Waals surface area contributed by atoms with Crippen molar-refractivity contribution in [3.05, 3.63) is 34.4 Å². The smallest absolute Gasteiger partial charge is 0.347 e. The molecule has 0 saturated carbocycles. The third-order valence-corrected chi connectivity index (χ3v) is 3.36. The van der Waals surface area contributed by atoms with Gasteiger partial charge in [0.15, 0.2) is 0 Å². The van der Waals surface area contributed by atoms with Crippen LogP contribution in [-0.4, -0.2) is 36.6 Å². The highest BCUT2D eigenvalue weighted by Crippen LogP contribution is 2.29. The van der Waals surface area contributed by atoms with Gasteiger partial charge >= 0.3 is 5.63 Å². The molecule has 0 spiro atoms. The lowest BCUT2D eigenvalue weighted by Gasteiger charge is -2.12. The average molecular weight is 308 g/mol. The molecule has 2 aromatic rings. The summed E-state index contributed by atoms with van der Waals surface area (Å²) >= 11 is 0. The number of hydrogen-bond acceptors (Lipinski definition) is 6. The van der Waals surface area contributed by atoms with Crippen molar-refractivity contribution in [2.45, 2.75) is 32.0 Å². The molecule has 6 nitrogen and oxygen atoms in total. The van der Waals surface area contributed by atoms with Crippen LogP contribution < -0.4 is 15.1 Å². The zero-order valence-electron chi connectivity index (χ0n) is 12.8. The number of hydrogen-bond donors (Lipinski definition) is 2. The summed E-state index contributed by atoms with van der Waals surface area (Å²) in [5, 5.41) is 20.1. The van der Waals surface area contributed by atoms with E-state index in [1.165, 1.54) is 14.2 Å². The third kappa shape index (κ3) is 3.58. The molecular weight excluding hydrogens is 288 g/mol. The SMILES string of the molecule is COc1cc(OC)c2c(=O)oc(C[C@H](O)C[C@@H](C)O)cc2c1. The van der Waals surface area contributed by atoms with Crippen LogP contribution in [0.1, 0.15) is 19.1 Å². The molecule has 1 aromatic carbocycles. The second kappa shape index (κ2) is 6.81. The molecule has 2 atom stereocenters. The second-order valence-corrected chi connectivity index (χ2v) is 5.24. The number of methoxy groups -OCH3 is 2. The Morgan fingerprint density at radius 3 is 2.50 bits per heavy atom. The molecule has 6 heteroatoms. The topological polar surface area (TPSA) is 89.1 Å². The second-order valence-electron chi connectivity index (χ2n) is 5.24. The lowest BCUT2D eigenvalue weighted by Crippen LogP contribution is -2.18. The highest BCUT2D eigenvalue weighted by Gasteiger charge is 2.15. The summed E-state index contributed by atoms with van der Waals surface area (Å²) in [5.41, 5.74) is -0.531. The molecule has 22 heavy (non-hydrogen) atoms. The summed E-state index contributed by atoms with van der Waals surface area (Å²) in [6.45, 7) is 1.59. The van der Waals surface area contributed by atoms with Gasteiger partial charge in [-0.1, -0.05) is 0 Å². The molecular formula is C16H20O6. The molecule has 2 rings (SSSR count). The number of ether oxygens (including phenoxy) is 2. The van der Waals surface area contributed by atoms with Crippen LogP contribution in [0, 0.1) is 0 Å². The fourth-order valence-corrected chi connectivity index (χ4v) is 2.40. The van der Waals surface area contributed by atoms with Gasteiger partial charge in [0.2, 0.25) is 0 Å². The van der Waals surface area contributed by atoms with E-state index in [-0.39, 0.29) is 12.8 Å². The van der Waals surface area contributed by atoms with Crippen LogP contribution in [0.3, 0.4) is 0 Å². The summed E-state index contributed by atoms with van der Waals surface area (Å²) in [7, 11) is 2.99. The first kappa shape index (κ1) is 16.3. The molecule has 0 aliphatic heterocycles. The van der Waals surface area contributed by atoms with Crippen LogP contribution in [0.25, 0.3) is 10.8 Å². The van der Waals surface area contributed by atoms with Crippen molar-refractivity contribution in [1.82, 2.24) is 0 Å². The van der Waals surface area contributed by atoms with E-state index in [1.807, 2.05) is 0 Å². The number of benzene rings is 1. The maximum Gasteiger partial charge on any atom is 0.347 e. The lowest BCUT2D eigenvalue weighted by atomic mass is 10.1. The van der Waals surface area contributed by atoms with Crippen molar-refractivity contribution < 1.29 is 24.1 Å². The van der Waals surface area contributed by atoms with Crippen LogP contribution >= 0.6 is 0 Å². The van der Waals surface area contributed by atoms with Crippen LogP contribution in [0.5, 0.6) is 11.5 Å². The average Bonchev–Trinajstić information content (AvgIpc) is 2.44. The number of fused-ring (bicyclic) bond motifs is 1. The van der Waals surface area contributed by atoms with Gasteiger partial charge in [-0.25, -0.2) is 4.79 Å². The quantitative estimate of drug-likeness (QED) is 0.840. The van der Waals surface area contributed by atoms with Crippen molar-refractivity contribution in [2.24, 2.45) is 0 Å². The van der Waals surface area contributed by atoms with Gasteiger partial charge < -0.3 is 24.1 Å². The molecule has 0 saturated heterocycles. The van der Waals surface area contributed by atoms with E-state index in [0.29, 0.717) is 28.0 Å². The minimum Gasteiger partial charge on any atom is -0.497 e. The van der Waals surface area contributed by atoms with E-state index in [1.54, 1.807) is 25.1 Å². The Balaban J connectivity index is 2.45. The Bertz CT molecular complexity index is 704. The van der Waals surface area contributed by atoms with E-state index in [9.17, 15) is 15.0 Å². The Kier molecular flexibility index (Phi) is 5.05. The van der Waals surface area contributed by atoms with Gasteiger partial charge in [-0.2, -0.15) is 0 Å². The zero-order valence-corrected chi connectivity index (χ0v) is 12.8. The molecule has 0 unspecified atom stereocenters. The van der Waals surface area contributed by atoms with E-state index < -0.39 is 17.8 Å². The molecule has 120 valence electrons. The summed E-state index contributed by atoms with van der Waals surface area (Å²) in [6, 6.07) is 4.99. The maximum absolute atomic E-state index is 12.2. The minimum atomic E-state index is -0.784. The summed E-state index contributed by atoms with van der Waals surface area (Å²) in [4.78, 5) is 12.2. The van der Waals surface area contributed by atoms with Gasteiger partial charge in [0.05, 0.1) is 26.4 Å². The molecule has 1 heterocycles. The molecule has 2 N–H and O–H groups in total. The number of aliphatic hydroxyl groups excluding tert-OH is 2. The van der Waals surface area contributed by atoms with Crippen molar-refractivity contribution in [2.75, 3.05) is 14.2 Å². The van der Waals surface area contributed by atoms with Crippen LogP contribution in [0.2, 0.25) is 0 Å². The van der Waals surface area contributed by atoms with Crippen molar-refractivity contribution >= 4 is 10.8 Å². The first-order chi connectivity index (χ1) is 10.4. The van der Waals surface area contributed by atoms with E-state index >= 15 is 0 Å². The molecule has 1 aromatic heterocycles. The van der Waals surface area contributed by atoms with Crippen molar-refractivity contribution in [1.29, 1.82) is 0 Å². The molecule has 0 amide bonds. The van der Waals surface area contributed by atoms with Crippen molar-refractivity contribution in [3.8, 4) is 11.5 Å². The standard InChI is InChI=1S/C16H20O6/c1-9(17)4-11(18)7-13-6-10-5-12(20-2)8-14(21-3)15(10)16(19)22-13/h5-6,8-9,11,17-18H,4,7H2,1-3H3/t9-,11-/m1/s1. The molecule has 0 radical (unpaired) electrons. The molecule has 0 aliphatic carbocycles. The van der Waals surface area contributed by atoms with Gasteiger partial charge in [-0.15, -0.1) is 0 Å². The van der Waals surface area contributed by atoms with Gasteiger partial charge in [-0.3, -0.25) is 0 Å². The van der Waals surface area contributed by atoms with Crippen LogP contribution in [0.15, 0.2) is 27.4 Å². The predicted molar refractivity (Wildman–Crippen MR) is 81.6 cm³/mol. The first-order valence-corrected chi connectivity index (χ1v) is 6.99.